The molecule has 0 bridgehead atoms. The minimum absolute atomic E-state index is 0.0722. The van der Waals surface area contributed by atoms with Gasteiger partial charge in [0.1, 0.15) is 5.60 Å². The van der Waals surface area contributed by atoms with E-state index >= 15 is 0 Å². The van der Waals surface area contributed by atoms with E-state index in [1.54, 1.807) is 52.1 Å². The van der Waals surface area contributed by atoms with Crippen LogP contribution in [-0.2, 0) is 4.74 Å². The van der Waals surface area contributed by atoms with Crippen molar-refractivity contribution in [3.63, 3.8) is 0 Å². The van der Waals surface area contributed by atoms with E-state index in [0.29, 0.717) is 11.4 Å². The van der Waals surface area contributed by atoms with Crippen molar-refractivity contribution in [1.29, 1.82) is 0 Å². The van der Waals surface area contributed by atoms with Gasteiger partial charge in [-0.15, -0.1) is 0 Å². The molecule has 0 aliphatic heterocycles. The number of hydrogen-bond acceptors (Lipinski definition) is 3. The molecule has 0 saturated heterocycles. The van der Waals surface area contributed by atoms with Crippen molar-refractivity contribution in [2.24, 2.45) is 27.2 Å². The molecule has 0 atom stereocenters. The molecular weight excluding hydrogens is 284 g/mol. The number of benzene rings is 1. The highest BCUT2D eigenvalue weighted by molar-refractivity contribution is 5.94. The van der Waals surface area contributed by atoms with Gasteiger partial charge in [-0.05, 0) is 39.0 Å². The molecule has 0 heterocycles. The number of hydrogen-bond donors (Lipinski definition) is 3. The molecule has 0 aliphatic carbocycles. The van der Waals surface area contributed by atoms with Crippen LogP contribution in [0.2, 0.25) is 0 Å². The van der Waals surface area contributed by atoms with Gasteiger partial charge in [-0.25, -0.2) is 9.79 Å². The summed E-state index contributed by atoms with van der Waals surface area (Å²) in [6.07, 6.45) is -0.467. The van der Waals surface area contributed by atoms with E-state index in [2.05, 4.69) is 9.98 Å². The highest BCUT2D eigenvalue weighted by atomic mass is 16.6. The van der Waals surface area contributed by atoms with Crippen molar-refractivity contribution < 1.29 is 9.53 Å². The molecule has 1 rings (SSSR count). The summed E-state index contributed by atoms with van der Waals surface area (Å²) in [5.74, 6) is -0.250. The summed E-state index contributed by atoms with van der Waals surface area (Å²) in [5, 5.41) is 0. The van der Waals surface area contributed by atoms with Gasteiger partial charge >= 0.3 is 6.09 Å². The number of nitrogens with zero attached hydrogens (tertiary/aromatic N) is 3. The van der Waals surface area contributed by atoms with Crippen molar-refractivity contribution in [2.75, 3.05) is 11.9 Å². The predicted octanol–water partition coefficient (Wildman–Crippen LogP) is 1.28. The second-order valence-electron chi connectivity index (χ2n) is 5.57. The molecule has 0 spiro atoms. The third-order valence-electron chi connectivity index (χ3n) is 2.37. The lowest BCUT2D eigenvalue weighted by Gasteiger charge is -2.24. The molecule has 1 amide bonds. The molecule has 0 aliphatic rings. The molecule has 0 radical (unpaired) electrons. The summed E-state index contributed by atoms with van der Waals surface area (Å²) in [7, 11) is 1.61. The van der Waals surface area contributed by atoms with E-state index in [9.17, 15) is 4.79 Å². The number of guanidine groups is 2. The molecule has 8 nitrogen and oxygen atoms in total. The number of amides is 1. The Bertz CT molecular complexity index is 600. The molecule has 0 unspecified atom stereocenters. The number of aliphatic imine (C=N–C) groups is 2. The SMILES string of the molecule is CN(C(=O)OC(C)(C)C)c1cccc(N=C(N)N=C(N)N)c1. The maximum Gasteiger partial charge on any atom is 0.414 e. The standard InChI is InChI=1S/C14H22N6O2/c1-14(2,3)22-13(21)20(4)10-7-5-6-9(8-10)18-12(17)19-11(15)16/h5-8H,1-4H3,(H6,15,16,17,18,19). The first-order valence-electron chi connectivity index (χ1n) is 6.59. The van der Waals surface area contributed by atoms with Gasteiger partial charge in [-0.3, -0.25) is 4.90 Å². The summed E-state index contributed by atoms with van der Waals surface area (Å²) in [6.45, 7) is 5.40. The van der Waals surface area contributed by atoms with Crippen LogP contribution in [0.1, 0.15) is 20.8 Å². The highest BCUT2D eigenvalue weighted by Gasteiger charge is 2.20. The molecule has 0 fully saturated rings. The third kappa shape index (κ3) is 5.70. The second-order valence-corrected chi connectivity index (χ2v) is 5.57. The maximum absolute atomic E-state index is 12.0. The van der Waals surface area contributed by atoms with Crippen molar-refractivity contribution in [3.8, 4) is 0 Å². The van der Waals surface area contributed by atoms with Crippen molar-refractivity contribution in [2.45, 2.75) is 26.4 Å². The van der Waals surface area contributed by atoms with Crippen molar-refractivity contribution >= 4 is 29.4 Å². The van der Waals surface area contributed by atoms with Gasteiger partial charge in [-0.2, -0.15) is 4.99 Å². The Morgan fingerprint density at radius 3 is 2.41 bits per heavy atom. The van der Waals surface area contributed by atoms with Crippen LogP contribution in [0.15, 0.2) is 34.3 Å². The number of ether oxygens (including phenoxy) is 1. The zero-order valence-electron chi connectivity index (χ0n) is 13.2. The number of carbonyl (C=O) groups excluding carboxylic acids is 1. The summed E-state index contributed by atoms with van der Waals surface area (Å²) in [6, 6.07) is 6.86. The normalized spacial score (nSPS) is 11.7. The van der Waals surface area contributed by atoms with Crippen LogP contribution in [0.5, 0.6) is 0 Å². The van der Waals surface area contributed by atoms with Crippen molar-refractivity contribution in [3.05, 3.63) is 24.3 Å². The first kappa shape index (κ1) is 17.3. The predicted molar refractivity (Wildman–Crippen MR) is 88.2 cm³/mol. The third-order valence-corrected chi connectivity index (χ3v) is 2.37. The average Bonchev–Trinajstić information content (AvgIpc) is 2.34. The second kappa shape index (κ2) is 6.79. The Kier molecular flexibility index (Phi) is 5.33. The van der Waals surface area contributed by atoms with Crippen LogP contribution in [0.3, 0.4) is 0 Å². The fourth-order valence-electron chi connectivity index (χ4n) is 1.50. The fourth-order valence-corrected chi connectivity index (χ4v) is 1.50. The minimum Gasteiger partial charge on any atom is -0.443 e. The number of nitrogens with two attached hydrogens (primary N) is 3. The van der Waals surface area contributed by atoms with E-state index in [4.69, 9.17) is 21.9 Å². The van der Waals surface area contributed by atoms with Crippen LogP contribution in [0, 0.1) is 0 Å². The molecule has 1 aromatic carbocycles. The van der Waals surface area contributed by atoms with Gasteiger partial charge in [0.25, 0.3) is 0 Å². The molecule has 0 aromatic heterocycles. The topological polar surface area (TPSA) is 132 Å². The summed E-state index contributed by atoms with van der Waals surface area (Å²) in [4.78, 5) is 21.1. The van der Waals surface area contributed by atoms with E-state index in [1.807, 2.05) is 0 Å². The Morgan fingerprint density at radius 1 is 1.23 bits per heavy atom. The van der Waals surface area contributed by atoms with Gasteiger partial charge in [0.2, 0.25) is 5.96 Å². The number of rotatable bonds is 2. The van der Waals surface area contributed by atoms with E-state index in [1.165, 1.54) is 4.90 Å². The van der Waals surface area contributed by atoms with Gasteiger partial charge in [0.15, 0.2) is 5.96 Å². The smallest absolute Gasteiger partial charge is 0.414 e. The maximum atomic E-state index is 12.0. The quantitative estimate of drug-likeness (QED) is 0.559. The molecule has 8 heteroatoms. The molecule has 1 aromatic rings. The van der Waals surface area contributed by atoms with Gasteiger partial charge in [0, 0.05) is 12.7 Å². The Hall–Kier alpha value is -2.77. The van der Waals surface area contributed by atoms with Gasteiger partial charge in [-0.1, -0.05) is 6.07 Å². The minimum atomic E-state index is -0.571. The monoisotopic (exact) mass is 306 g/mol. The summed E-state index contributed by atoms with van der Waals surface area (Å²) in [5.41, 5.74) is 16.6. The lowest BCUT2D eigenvalue weighted by atomic mass is 10.2. The van der Waals surface area contributed by atoms with E-state index in [-0.39, 0.29) is 11.9 Å². The van der Waals surface area contributed by atoms with Gasteiger partial charge in [0.05, 0.1) is 5.69 Å². The number of carbonyl (C=O) groups is 1. The summed E-state index contributed by atoms with van der Waals surface area (Å²) >= 11 is 0. The van der Waals surface area contributed by atoms with Gasteiger partial charge < -0.3 is 21.9 Å². The first-order valence-corrected chi connectivity index (χ1v) is 6.59. The molecule has 120 valence electrons. The highest BCUT2D eigenvalue weighted by Crippen LogP contribution is 2.22. The molecule has 22 heavy (non-hydrogen) atoms. The van der Waals surface area contributed by atoms with Crippen LogP contribution in [0.25, 0.3) is 0 Å². The zero-order chi connectivity index (χ0) is 16.9. The largest absolute Gasteiger partial charge is 0.443 e. The number of anilines is 1. The van der Waals surface area contributed by atoms with Crippen LogP contribution < -0.4 is 22.1 Å². The van der Waals surface area contributed by atoms with E-state index < -0.39 is 11.7 Å². The Balaban J connectivity index is 2.97. The van der Waals surface area contributed by atoms with Crippen LogP contribution >= 0.6 is 0 Å². The van der Waals surface area contributed by atoms with Crippen LogP contribution in [0.4, 0.5) is 16.2 Å². The van der Waals surface area contributed by atoms with E-state index in [0.717, 1.165) is 0 Å². The zero-order valence-corrected chi connectivity index (χ0v) is 13.2. The lowest BCUT2D eigenvalue weighted by Crippen LogP contribution is -2.34. The van der Waals surface area contributed by atoms with Crippen molar-refractivity contribution in [1.82, 2.24) is 0 Å². The lowest BCUT2D eigenvalue weighted by molar-refractivity contribution is 0.0589. The fraction of sp³-hybridized carbons (Fsp3) is 0.357. The molecule has 6 N–H and O–H groups in total. The van der Waals surface area contributed by atoms with Crippen LogP contribution in [-0.4, -0.2) is 30.7 Å². The average molecular weight is 306 g/mol. The molecule has 0 saturated carbocycles. The first-order chi connectivity index (χ1) is 10.1. The Morgan fingerprint density at radius 2 is 1.86 bits per heavy atom. The summed E-state index contributed by atoms with van der Waals surface area (Å²) < 4.78 is 5.30. The Labute approximate surface area is 129 Å². The molecular formula is C14H22N6O2.